The first kappa shape index (κ1) is 20.1. The van der Waals surface area contributed by atoms with Crippen LogP contribution in [0, 0.1) is 0 Å². The summed E-state index contributed by atoms with van der Waals surface area (Å²) in [6, 6.07) is 9.44. The average molecular weight is 443 g/mol. The number of methoxy groups -OCH3 is 2. The molecular formula is C17H19BrN2O5S. The lowest BCUT2D eigenvalue weighted by Crippen LogP contribution is -2.18. The van der Waals surface area contributed by atoms with E-state index in [9.17, 15) is 8.42 Å². The average Bonchev–Trinajstić information content (AvgIpc) is 2.63. The SMILES string of the molecule is CCOc1c(Br)cc(C=NNS(=O)(=O)c2ccc(OC)cc2)cc1OC. The van der Waals surface area contributed by atoms with Crippen molar-refractivity contribution in [2.24, 2.45) is 5.10 Å². The summed E-state index contributed by atoms with van der Waals surface area (Å²) in [4.78, 5) is 2.26. The minimum Gasteiger partial charge on any atom is -0.497 e. The zero-order chi connectivity index (χ0) is 19.2. The molecule has 0 heterocycles. The van der Waals surface area contributed by atoms with Gasteiger partial charge in [-0.1, -0.05) is 0 Å². The Bertz CT molecular complexity index is 883. The van der Waals surface area contributed by atoms with Crippen molar-refractivity contribution in [1.82, 2.24) is 4.83 Å². The molecule has 0 atom stereocenters. The highest BCUT2D eigenvalue weighted by Crippen LogP contribution is 2.36. The second-order valence-corrected chi connectivity index (χ2v) is 7.51. The van der Waals surface area contributed by atoms with Gasteiger partial charge >= 0.3 is 0 Å². The molecule has 26 heavy (non-hydrogen) atoms. The Morgan fingerprint density at radius 2 is 1.85 bits per heavy atom. The highest BCUT2D eigenvalue weighted by Gasteiger charge is 2.13. The molecule has 2 aromatic carbocycles. The summed E-state index contributed by atoms with van der Waals surface area (Å²) < 4.78 is 41.0. The van der Waals surface area contributed by atoms with Gasteiger partial charge in [-0.2, -0.15) is 13.5 Å². The minimum atomic E-state index is -3.77. The Kier molecular flexibility index (Phi) is 6.87. The van der Waals surface area contributed by atoms with Gasteiger partial charge in [0.15, 0.2) is 11.5 Å². The van der Waals surface area contributed by atoms with E-state index in [1.165, 1.54) is 32.6 Å². The highest BCUT2D eigenvalue weighted by atomic mass is 79.9. The number of sulfonamides is 1. The normalized spacial score (nSPS) is 11.4. The Labute approximate surface area is 161 Å². The van der Waals surface area contributed by atoms with Crippen LogP contribution in [-0.2, 0) is 10.0 Å². The van der Waals surface area contributed by atoms with Gasteiger partial charge in [-0.25, -0.2) is 4.83 Å². The zero-order valence-corrected chi connectivity index (χ0v) is 16.9. The van der Waals surface area contributed by atoms with Crippen LogP contribution in [0.25, 0.3) is 0 Å². The van der Waals surface area contributed by atoms with E-state index in [1.54, 1.807) is 24.3 Å². The Hall–Kier alpha value is -2.26. The van der Waals surface area contributed by atoms with Crippen molar-refractivity contribution < 1.29 is 22.6 Å². The molecule has 0 saturated heterocycles. The topological polar surface area (TPSA) is 86.2 Å². The maximum atomic E-state index is 12.2. The lowest BCUT2D eigenvalue weighted by molar-refractivity contribution is 0.309. The third kappa shape index (κ3) is 4.89. The second kappa shape index (κ2) is 8.91. The molecular weight excluding hydrogens is 424 g/mol. The molecule has 0 aliphatic heterocycles. The standard InChI is InChI=1S/C17H19BrN2O5S/c1-4-25-17-15(18)9-12(10-16(17)24-3)11-19-20-26(21,22)14-7-5-13(23-2)6-8-14/h5-11,20H,4H2,1-3H3. The van der Waals surface area contributed by atoms with Gasteiger partial charge < -0.3 is 14.2 Å². The molecule has 0 saturated carbocycles. The number of hydrogen-bond donors (Lipinski definition) is 1. The monoisotopic (exact) mass is 442 g/mol. The van der Waals surface area contributed by atoms with E-state index in [1.807, 2.05) is 6.92 Å². The van der Waals surface area contributed by atoms with Gasteiger partial charge in [-0.05, 0) is 64.8 Å². The van der Waals surface area contributed by atoms with E-state index < -0.39 is 10.0 Å². The van der Waals surface area contributed by atoms with Crippen molar-refractivity contribution in [2.75, 3.05) is 20.8 Å². The third-order valence-electron chi connectivity index (χ3n) is 3.30. The maximum absolute atomic E-state index is 12.2. The van der Waals surface area contributed by atoms with Crippen molar-refractivity contribution in [3.8, 4) is 17.2 Å². The molecule has 1 N–H and O–H groups in total. The Morgan fingerprint density at radius 3 is 2.42 bits per heavy atom. The van der Waals surface area contributed by atoms with E-state index in [0.717, 1.165) is 0 Å². The summed E-state index contributed by atoms with van der Waals surface area (Å²) in [5, 5.41) is 3.81. The predicted molar refractivity (Wildman–Crippen MR) is 103 cm³/mol. The molecule has 0 aromatic heterocycles. The summed E-state index contributed by atoms with van der Waals surface area (Å²) in [7, 11) is -0.735. The Morgan fingerprint density at radius 1 is 1.15 bits per heavy atom. The van der Waals surface area contributed by atoms with E-state index in [0.29, 0.717) is 33.9 Å². The van der Waals surface area contributed by atoms with Crippen molar-refractivity contribution in [2.45, 2.75) is 11.8 Å². The van der Waals surface area contributed by atoms with E-state index >= 15 is 0 Å². The van der Waals surface area contributed by atoms with Gasteiger partial charge in [0.1, 0.15) is 5.75 Å². The summed E-state index contributed by atoms with van der Waals surface area (Å²) in [5.41, 5.74) is 0.634. The Balaban J connectivity index is 2.17. The molecule has 0 aliphatic carbocycles. The fourth-order valence-electron chi connectivity index (χ4n) is 2.08. The lowest BCUT2D eigenvalue weighted by atomic mass is 10.2. The van der Waals surface area contributed by atoms with Crippen LogP contribution in [0.15, 0.2) is 50.9 Å². The van der Waals surface area contributed by atoms with Crippen LogP contribution in [0.2, 0.25) is 0 Å². The first-order valence-corrected chi connectivity index (χ1v) is 9.88. The number of rotatable bonds is 8. The van der Waals surface area contributed by atoms with Gasteiger partial charge in [-0.15, -0.1) is 0 Å². The molecule has 0 bridgehead atoms. The first-order valence-electron chi connectivity index (χ1n) is 7.60. The van der Waals surface area contributed by atoms with Crippen molar-refractivity contribution in [1.29, 1.82) is 0 Å². The number of nitrogens with one attached hydrogen (secondary N) is 1. The van der Waals surface area contributed by atoms with Crippen LogP contribution in [0.4, 0.5) is 0 Å². The van der Waals surface area contributed by atoms with Crippen LogP contribution in [0.3, 0.4) is 0 Å². The number of nitrogens with zero attached hydrogens (tertiary/aromatic N) is 1. The molecule has 9 heteroatoms. The van der Waals surface area contributed by atoms with Crippen LogP contribution in [0.5, 0.6) is 17.2 Å². The summed E-state index contributed by atoms with van der Waals surface area (Å²) in [5.74, 6) is 1.66. The van der Waals surface area contributed by atoms with Crippen LogP contribution >= 0.6 is 15.9 Å². The number of halogens is 1. The molecule has 0 aliphatic rings. The molecule has 140 valence electrons. The fraction of sp³-hybridized carbons (Fsp3) is 0.235. The molecule has 2 rings (SSSR count). The summed E-state index contributed by atoms with van der Waals surface area (Å²) in [6.07, 6.45) is 1.38. The van der Waals surface area contributed by atoms with Crippen molar-refractivity contribution in [3.05, 3.63) is 46.4 Å². The van der Waals surface area contributed by atoms with Crippen LogP contribution < -0.4 is 19.0 Å². The molecule has 0 radical (unpaired) electrons. The lowest BCUT2D eigenvalue weighted by Gasteiger charge is -2.12. The van der Waals surface area contributed by atoms with Crippen LogP contribution in [-0.4, -0.2) is 35.5 Å². The number of hydrazone groups is 1. The van der Waals surface area contributed by atoms with Crippen LogP contribution in [0.1, 0.15) is 12.5 Å². The molecule has 0 fully saturated rings. The number of benzene rings is 2. The molecule has 2 aromatic rings. The highest BCUT2D eigenvalue weighted by molar-refractivity contribution is 9.10. The van der Waals surface area contributed by atoms with Gasteiger partial charge in [0.05, 0.1) is 36.4 Å². The summed E-state index contributed by atoms with van der Waals surface area (Å²) in [6.45, 7) is 2.36. The molecule has 7 nitrogen and oxygen atoms in total. The number of ether oxygens (including phenoxy) is 3. The smallest absolute Gasteiger partial charge is 0.276 e. The first-order chi connectivity index (χ1) is 12.4. The van der Waals surface area contributed by atoms with Crippen molar-refractivity contribution in [3.63, 3.8) is 0 Å². The quantitative estimate of drug-likeness (QED) is 0.501. The van der Waals surface area contributed by atoms with E-state index in [-0.39, 0.29) is 4.90 Å². The number of hydrogen-bond acceptors (Lipinski definition) is 6. The third-order valence-corrected chi connectivity index (χ3v) is 5.12. The van der Waals surface area contributed by atoms with Gasteiger partial charge in [0, 0.05) is 0 Å². The van der Waals surface area contributed by atoms with E-state index in [4.69, 9.17) is 14.2 Å². The maximum Gasteiger partial charge on any atom is 0.276 e. The zero-order valence-electron chi connectivity index (χ0n) is 14.5. The second-order valence-electron chi connectivity index (χ2n) is 5.00. The minimum absolute atomic E-state index is 0.0842. The molecule has 0 amide bonds. The molecule has 0 unspecified atom stereocenters. The predicted octanol–water partition coefficient (Wildman–Crippen LogP) is 3.18. The van der Waals surface area contributed by atoms with Gasteiger partial charge in [0.2, 0.25) is 0 Å². The van der Waals surface area contributed by atoms with E-state index in [2.05, 4.69) is 25.9 Å². The van der Waals surface area contributed by atoms with Gasteiger partial charge in [-0.3, -0.25) is 0 Å². The molecule has 0 spiro atoms. The van der Waals surface area contributed by atoms with Gasteiger partial charge in [0.25, 0.3) is 10.0 Å². The largest absolute Gasteiger partial charge is 0.497 e. The fourth-order valence-corrected chi connectivity index (χ4v) is 3.44. The summed E-state index contributed by atoms with van der Waals surface area (Å²) >= 11 is 3.40. The van der Waals surface area contributed by atoms with Crippen molar-refractivity contribution >= 4 is 32.2 Å².